The maximum absolute atomic E-state index is 9.99. The van der Waals surface area contributed by atoms with Gasteiger partial charge in [-0.05, 0) is 43.5 Å². The number of rotatable bonds is 4. The van der Waals surface area contributed by atoms with Gasteiger partial charge in [-0.25, -0.2) is 0 Å². The first-order valence-corrected chi connectivity index (χ1v) is 7.55. The molecule has 18 heavy (non-hydrogen) atoms. The van der Waals surface area contributed by atoms with Gasteiger partial charge in [0.05, 0.1) is 6.10 Å². The highest BCUT2D eigenvalue weighted by atomic mass is 79.9. The van der Waals surface area contributed by atoms with E-state index in [9.17, 15) is 5.11 Å². The van der Waals surface area contributed by atoms with Gasteiger partial charge in [0.15, 0.2) is 0 Å². The first-order valence-electron chi connectivity index (χ1n) is 6.76. The quantitative estimate of drug-likeness (QED) is 0.921. The Morgan fingerprint density at radius 2 is 2.11 bits per heavy atom. The van der Waals surface area contributed by atoms with Gasteiger partial charge in [0.25, 0.3) is 0 Å². The number of nitrogens with zero attached hydrogens (tertiary/aromatic N) is 1. The summed E-state index contributed by atoms with van der Waals surface area (Å²) in [4.78, 5) is 2.32. The lowest BCUT2D eigenvalue weighted by atomic mass is 9.86. The fourth-order valence-corrected chi connectivity index (χ4v) is 3.26. The lowest BCUT2D eigenvalue weighted by Crippen LogP contribution is -2.34. The highest BCUT2D eigenvalue weighted by Gasteiger charge is 2.23. The smallest absolute Gasteiger partial charge is 0.0580 e. The Morgan fingerprint density at radius 1 is 1.33 bits per heavy atom. The summed E-state index contributed by atoms with van der Waals surface area (Å²) in [5.74, 6) is 0.455. The molecule has 2 nitrogen and oxygen atoms in total. The fourth-order valence-electron chi connectivity index (χ4n) is 2.81. The summed E-state index contributed by atoms with van der Waals surface area (Å²) in [7, 11) is 2.14. The van der Waals surface area contributed by atoms with E-state index in [2.05, 4.69) is 46.1 Å². The van der Waals surface area contributed by atoms with Gasteiger partial charge in [-0.3, -0.25) is 0 Å². The molecule has 2 unspecified atom stereocenters. The molecule has 0 radical (unpaired) electrons. The summed E-state index contributed by atoms with van der Waals surface area (Å²) in [5, 5.41) is 9.99. The van der Waals surface area contributed by atoms with Crippen molar-refractivity contribution in [3.63, 3.8) is 0 Å². The third kappa shape index (κ3) is 4.08. The van der Waals surface area contributed by atoms with Crippen molar-refractivity contribution in [3.8, 4) is 0 Å². The second-order valence-electron chi connectivity index (χ2n) is 5.44. The van der Waals surface area contributed by atoms with Crippen molar-refractivity contribution in [1.82, 2.24) is 4.90 Å². The lowest BCUT2D eigenvalue weighted by Gasteiger charge is -2.31. The van der Waals surface area contributed by atoms with Crippen LogP contribution in [0.25, 0.3) is 0 Å². The van der Waals surface area contributed by atoms with Crippen molar-refractivity contribution in [2.45, 2.75) is 38.3 Å². The maximum Gasteiger partial charge on any atom is 0.0580 e. The summed E-state index contributed by atoms with van der Waals surface area (Å²) in [6, 6.07) is 8.43. The molecule has 1 aromatic carbocycles. The molecule has 0 aliphatic heterocycles. The van der Waals surface area contributed by atoms with Gasteiger partial charge < -0.3 is 10.0 Å². The van der Waals surface area contributed by atoms with E-state index in [0.29, 0.717) is 5.92 Å². The molecule has 100 valence electrons. The molecule has 1 N–H and O–H groups in total. The van der Waals surface area contributed by atoms with Crippen LogP contribution in [0, 0.1) is 5.92 Å². The standard InChI is InChI=1S/C15H22BrNO/c1-17(10-12-5-4-7-14(16)9-12)11-13-6-2-3-8-15(13)18/h4-5,7,9,13,15,18H,2-3,6,8,10-11H2,1H3. The Morgan fingerprint density at radius 3 is 2.83 bits per heavy atom. The molecule has 0 saturated heterocycles. The topological polar surface area (TPSA) is 23.5 Å². The van der Waals surface area contributed by atoms with E-state index in [0.717, 1.165) is 24.0 Å². The van der Waals surface area contributed by atoms with Crippen molar-refractivity contribution < 1.29 is 5.11 Å². The van der Waals surface area contributed by atoms with Crippen LogP contribution in [0.1, 0.15) is 31.2 Å². The maximum atomic E-state index is 9.99. The highest BCUT2D eigenvalue weighted by Crippen LogP contribution is 2.25. The van der Waals surface area contributed by atoms with Gasteiger partial charge in [0, 0.05) is 17.6 Å². The van der Waals surface area contributed by atoms with Crippen LogP contribution in [0.5, 0.6) is 0 Å². The third-order valence-electron chi connectivity index (χ3n) is 3.76. The van der Waals surface area contributed by atoms with Crippen LogP contribution in [0.2, 0.25) is 0 Å². The van der Waals surface area contributed by atoms with E-state index >= 15 is 0 Å². The van der Waals surface area contributed by atoms with Crippen LogP contribution in [-0.2, 0) is 6.54 Å². The molecular weight excluding hydrogens is 290 g/mol. The van der Waals surface area contributed by atoms with Gasteiger partial charge in [0.1, 0.15) is 0 Å². The van der Waals surface area contributed by atoms with Crippen LogP contribution in [0.15, 0.2) is 28.7 Å². The average Bonchev–Trinajstić information content (AvgIpc) is 2.32. The average molecular weight is 312 g/mol. The van der Waals surface area contributed by atoms with E-state index in [-0.39, 0.29) is 6.10 Å². The zero-order valence-corrected chi connectivity index (χ0v) is 12.6. The fraction of sp³-hybridized carbons (Fsp3) is 0.600. The van der Waals surface area contributed by atoms with Gasteiger partial charge >= 0.3 is 0 Å². The predicted molar refractivity (Wildman–Crippen MR) is 78.4 cm³/mol. The van der Waals surface area contributed by atoms with Crippen molar-refractivity contribution in [2.75, 3.05) is 13.6 Å². The number of hydrogen-bond donors (Lipinski definition) is 1. The van der Waals surface area contributed by atoms with Crippen LogP contribution in [-0.4, -0.2) is 29.7 Å². The van der Waals surface area contributed by atoms with Crippen molar-refractivity contribution in [1.29, 1.82) is 0 Å². The molecule has 0 spiro atoms. The third-order valence-corrected chi connectivity index (χ3v) is 4.25. The normalized spacial score (nSPS) is 24.4. The van der Waals surface area contributed by atoms with Gasteiger partial charge in [-0.1, -0.05) is 40.9 Å². The molecule has 1 aromatic rings. The van der Waals surface area contributed by atoms with Crippen molar-refractivity contribution in [3.05, 3.63) is 34.3 Å². The summed E-state index contributed by atoms with van der Waals surface area (Å²) in [6.07, 6.45) is 4.52. The number of aliphatic hydroxyl groups excluding tert-OH is 1. The minimum Gasteiger partial charge on any atom is -0.393 e. The number of benzene rings is 1. The zero-order valence-electron chi connectivity index (χ0n) is 11.0. The van der Waals surface area contributed by atoms with E-state index in [1.165, 1.54) is 24.8 Å². The van der Waals surface area contributed by atoms with Crippen molar-refractivity contribution in [2.24, 2.45) is 5.92 Å². The molecule has 0 aromatic heterocycles. The van der Waals surface area contributed by atoms with Crippen LogP contribution >= 0.6 is 15.9 Å². The van der Waals surface area contributed by atoms with E-state index in [1.54, 1.807) is 0 Å². The second kappa shape index (κ2) is 6.69. The highest BCUT2D eigenvalue weighted by molar-refractivity contribution is 9.10. The van der Waals surface area contributed by atoms with Gasteiger partial charge in [0.2, 0.25) is 0 Å². The molecule has 2 atom stereocenters. The minimum atomic E-state index is -0.0938. The SMILES string of the molecule is CN(Cc1cccc(Br)c1)CC1CCCCC1O. The summed E-state index contributed by atoms with van der Waals surface area (Å²) in [6.45, 7) is 1.94. The first kappa shape index (κ1) is 14.0. The minimum absolute atomic E-state index is 0.0938. The molecule has 1 fully saturated rings. The van der Waals surface area contributed by atoms with E-state index < -0.39 is 0 Å². The molecule has 0 bridgehead atoms. The Hall–Kier alpha value is -0.380. The Balaban J connectivity index is 1.86. The van der Waals surface area contributed by atoms with Gasteiger partial charge in [-0.2, -0.15) is 0 Å². The number of aliphatic hydroxyl groups is 1. The number of hydrogen-bond acceptors (Lipinski definition) is 2. The Labute approximate surface area is 118 Å². The molecule has 1 saturated carbocycles. The van der Waals surface area contributed by atoms with E-state index in [4.69, 9.17) is 0 Å². The van der Waals surface area contributed by atoms with Crippen LogP contribution in [0.4, 0.5) is 0 Å². The molecule has 1 aliphatic carbocycles. The second-order valence-corrected chi connectivity index (χ2v) is 6.35. The Kier molecular flexibility index (Phi) is 5.22. The molecule has 2 rings (SSSR count). The number of halogens is 1. The van der Waals surface area contributed by atoms with Crippen LogP contribution in [0.3, 0.4) is 0 Å². The van der Waals surface area contributed by atoms with E-state index in [1.807, 2.05) is 6.07 Å². The first-order chi connectivity index (χ1) is 8.65. The predicted octanol–water partition coefficient (Wildman–Crippen LogP) is 3.43. The Bertz CT molecular complexity index is 383. The lowest BCUT2D eigenvalue weighted by molar-refractivity contribution is 0.0502. The van der Waals surface area contributed by atoms with Crippen LogP contribution < -0.4 is 0 Å². The van der Waals surface area contributed by atoms with Gasteiger partial charge in [-0.15, -0.1) is 0 Å². The monoisotopic (exact) mass is 311 g/mol. The molecule has 1 aliphatic rings. The summed E-state index contributed by atoms with van der Waals surface area (Å²) in [5.41, 5.74) is 1.32. The largest absolute Gasteiger partial charge is 0.393 e. The molecule has 0 heterocycles. The molecule has 0 amide bonds. The summed E-state index contributed by atoms with van der Waals surface area (Å²) < 4.78 is 1.13. The molecule has 3 heteroatoms. The zero-order chi connectivity index (χ0) is 13.0. The molecular formula is C15H22BrNO. The van der Waals surface area contributed by atoms with Crippen molar-refractivity contribution >= 4 is 15.9 Å². The summed E-state index contributed by atoms with van der Waals surface area (Å²) >= 11 is 3.50.